The highest BCUT2D eigenvalue weighted by Crippen LogP contribution is 2.33. The normalized spacial score (nSPS) is 11.5. The number of halogens is 1. The Labute approximate surface area is 145 Å². The lowest BCUT2D eigenvalue weighted by Crippen LogP contribution is -2.28. The van der Waals surface area contributed by atoms with Crippen molar-refractivity contribution in [3.63, 3.8) is 0 Å². The molecule has 3 aromatic rings. The molecule has 0 atom stereocenters. The van der Waals surface area contributed by atoms with Crippen LogP contribution >= 0.6 is 0 Å². The van der Waals surface area contributed by atoms with Crippen molar-refractivity contribution < 1.29 is 17.5 Å². The van der Waals surface area contributed by atoms with Gasteiger partial charge in [0.15, 0.2) is 11.6 Å². The highest BCUT2D eigenvalue weighted by Gasteiger charge is 2.27. The number of anilines is 1. The van der Waals surface area contributed by atoms with Crippen molar-refractivity contribution in [3.05, 3.63) is 60.5 Å². The molecule has 25 heavy (non-hydrogen) atoms. The summed E-state index contributed by atoms with van der Waals surface area (Å²) in [6, 6.07) is 12.7. The first-order valence-corrected chi connectivity index (χ1v) is 9.14. The van der Waals surface area contributed by atoms with E-state index in [1.165, 1.54) is 31.4 Å². The molecule has 1 heterocycles. The van der Waals surface area contributed by atoms with Gasteiger partial charge in [-0.3, -0.25) is 4.31 Å². The van der Waals surface area contributed by atoms with Crippen molar-refractivity contribution >= 4 is 26.6 Å². The first-order valence-electron chi connectivity index (χ1n) is 7.70. The molecule has 0 fully saturated rings. The van der Waals surface area contributed by atoms with Gasteiger partial charge in [-0.15, -0.1) is 0 Å². The van der Waals surface area contributed by atoms with E-state index in [1.54, 1.807) is 24.3 Å². The lowest BCUT2D eigenvalue weighted by molar-refractivity contribution is 0.344. The van der Waals surface area contributed by atoms with Crippen LogP contribution in [0.4, 0.5) is 10.2 Å². The molecular formula is C18H17FN2O3S. The summed E-state index contributed by atoms with van der Waals surface area (Å²) in [5.41, 5.74) is 0. The van der Waals surface area contributed by atoms with Crippen LogP contribution in [0.3, 0.4) is 0 Å². The van der Waals surface area contributed by atoms with Crippen LogP contribution in [0.1, 0.15) is 6.92 Å². The number of fused-ring (bicyclic) bond motifs is 1. The van der Waals surface area contributed by atoms with E-state index in [0.717, 1.165) is 4.31 Å². The van der Waals surface area contributed by atoms with Crippen molar-refractivity contribution in [1.82, 2.24) is 4.98 Å². The van der Waals surface area contributed by atoms with E-state index in [1.807, 2.05) is 13.0 Å². The molecule has 0 amide bonds. The number of hydrogen-bond donors (Lipinski definition) is 0. The number of hydrogen-bond acceptors (Lipinski definition) is 4. The molecule has 2 aromatic carbocycles. The maximum Gasteiger partial charge on any atom is 0.265 e. The van der Waals surface area contributed by atoms with Gasteiger partial charge in [0, 0.05) is 24.0 Å². The number of rotatable bonds is 5. The molecule has 0 aliphatic carbocycles. The molecule has 0 aliphatic rings. The SMILES string of the molecule is CCOc1ccc(S(=O)(=O)N(C)c2ncccc2F)c2ccccc12. The molecule has 0 N–H and O–H groups in total. The van der Waals surface area contributed by atoms with Crippen LogP contribution in [0.2, 0.25) is 0 Å². The fraction of sp³-hybridized carbons (Fsp3) is 0.167. The molecule has 130 valence electrons. The molecule has 0 spiro atoms. The summed E-state index contributed by atoms with van der Waals surface area (Å²) in [7, 11) is -2.71. The third-order valence-corrected chi connectivity index (χ3v) is 5.63. The average Bonchev–Trinajstić information content (AvgIpc) is 2.62. The summed E-state index contributed by atoms with van der Waals surface area (Å²) >= 11 is 0. The third kappa shape index (κ3) is 3.02. The highest BCUT2D eigenvalue weighted by molar-refractivity contribution is 7.93. The topological polar surface area (TPSA) is 59.5 Å². The fourth-order valence-electron chi connectivity index (χ4n) is 2.62. The minimum absolute atomic E-state index is 0.0686. The number of sulfonamides is 1. The van der Waals surface area contributed by atoms with Gasteiger partial charge in [0.2, 0.25) is 0 Å². The number of nitrogens with zero attached hydrogens (tertiary/aromatic N) is 2. The Morgan fingerprint density at radius 1 is 1.08 bits per heavy atom. The standard InChI is InChI=1S/C18H17FN2O3S/c1-3-24-16-10-11-17(14-8-5-4-7-13(14)16)25(22,23)21(2)18-15(19)9-6-12-20-18/h4-12H,3H2,1-2H3. The van der Waals surface area contributed by atoms with Gasteiger partial charge in [-0.1, -0.05) is 24.3 Å². The van der Waals surface area contributed by atoms with Gasteiger partial charge in [-0.2, -0.15) is 0 Å². The highest BCUT2D eigenvalue weighted by atomic mass is 32.2. The van der Waals surface area contributed by atoms with Gasteiger partial charge >= 0.3 is 0 Å². The smallest absolute Gasteiger partial charge is 0.265 e. The van der Waals surface area contributed by atoms with Crippen LogP contribution in [-0.4, -0.2) is 27.1 Å². The Hall–Kier alpha value is -2.67. The Kier molecular flexibility index (Phi) is 4.59. The Balaban J connectivity index is 2.18. The quantitative estimate of drug-likeness (QED) is 0.698. The molecule has 3 rings (SSSR count). The number of aromatic nitrogens is 1. The van der Waals surface area contributed by atoms with Gasteiger partial charge in [0.05, 0.1) is 11.5 Å². The summed E-state index contributed by atoms with van der Waals surface area (Å²) in [4.78, 5) is 3.91. The van der Waals surface area contributed by atoms with Crippen molar-refractivity contribution in [2.24, 2.45) is 0 Å². The Morgan fingerprint density at radius 2 is 1.80 bits per heavy atom. The predicted octanol–water partition coefficient (Wildman–Crippen LogP) is 3.60. The summed E-state index contributed by atoms with van der Waals surface area (Å²) in [5.74, 6) is -0.354. The van der Waals surface area contributed by atoms with Crippen LogP contribution < -0.4 is 9.04 Å². The number of ether oxygens (including phenoxy) is 1. The lowest BCUT2D eigenvalue weighted by Gasteiger charge is -2.20. The zero-order valence-electron chi connectivity index (χ0n) is 13.8. The van der Waals surface area contributed by atoms with Gasteiger partial charge in [0.25, 0.3) is 10.0 Å². The Morgan fingerprint density at radius 3 is 2.48 bits per heavy atom. The second-order valence-electron chi connectivity index (χ2n) is 5.32. The summed E-state index contributed by atoms with van der Waals surface area (Å²) in [6.45, 7) is 2.33. The van der Waals surface area contributed by atoms with E-state index < -0.39 is 15.8 Å². The second kappa shape index (κ2) is 6.68. The first-order chi connectivity index (χ1) is 12.0. The maximum atomic E-state index is 14.0. The van der Waals surface area contributed by atoms with E-state index in [0.29, 0.717) is 23.1 Å². The molecule has 0 radical (unpaired) electrons. The molecule has 7 heteroatoms. The van der Waals surface area contributed by atoms with E-state index in [2.05, 4.69) is 4.98 Å². The molecule has 0 saturated heterocycles. The largest absolute Gasteiger partial charge is 0.493 e. The molecule has 0 aliphatic heterocycles. The van der Waals surface area contributed by atoms with Gasteiger partial charge < -0.3 is 4.74 Å². The molecule has 0 unspecified atom stereocenters. The minimum Gasteiger partial charge on any atom is -0.493 e. The van der Waals surface area contributed by atoms with Crippen LogP contribution in [0.25, 0.3) is 10.8 Å². The Bertz CT molecular complexity index is 1020. The number of pyridine rings is 1. The molecule has 5 nitrogen and oxygen atoms in total. The molecule has 0 bridgehead atoms. The minimum atomic E-state index is -4.00. The summed E-state index contributed by atoms with van der Waals surface area (Å²) in [5, 5.41) is 1.19. The summed E-state index contributed by atoms with van der Waals surface area (Å²) < 4.78 is 46.5. The predicted molar refractivity (Wildman–Crippen MR) is 94.9 cm³/mol. The van der Waals surface area contributed by atoms with Crippen LogP contribution in [0, 0.1) is 5.82 Å². The van der Waals surface area contributed by atoms with Gasteiger partial charge in [-0.05, 0) is 31.2 Å². The van der Waals surface area contributed by atoms with E-state index >= 15 is 0 Å². The van der Waals surface area contributed by atoms with E-state index in [-0.39, 0.29) is 10.7 Å². The van der Waals surface area contributed by atoms with Crippen LogP contribution in [0.15, 0.2) is 59.6 Å². The van der Waals surface area contributed by atoms with Crippen LogP contribution in [0.5, 0.6) is 5.75 Å². The zero-order valence-corrected chi connectivity index (χ0v) is 14.6. The van der Waals surface area contributed by atoms with Crippen molar-refractivity contribution in [2.45, 2.75) is 11.8 Å². The zero-order chi connectivity index (χ0) is 18.0. The van der Waals surface area contributed by atoms with E-state index in [4.69, 9.17) is 4.74 Å². The monoisotopic (exact) mass is 360 g/mol. The molecule has 1 aromatic heterocycles. The van der Waals surface area contributed by atoms with Crippen molar-refractivity contribution in [3.8, 4) is 5.75 Å². The van der Waals surface area contributed by atoms with Crippen molar-refractivity contribution in [2.75, 3.05) is 18.0 Å². The van der Waals surface area contributed by atoms with Gasteiger partial charge in [0.1, 0.15) is 5.75 Å². The average molecular weight is 360 g/mol. The third-order valence-electron chi connectivity index (χ3n) is 3.82. The van der Waals surface area contributed by atoms with E-state index in [9.17, 15) is 12.8 Å². The van der Waals surface area contributed by atoms with Gasteiger partial charge in [-0.25, -0.2) is 17.8 Å². The molecule has 0 saturated carbocycles. The maximum absolute atomic E-state index is 14.0. The number of benzene rings is 2. The summed E-state index contributed by atoms with van der Waals surface area (Å²) in [6.07, 6.45) is 1.35. The van der Waals surface area contributed by atoms with Crippen LogP contribution in [-0.2, 0) is 10.0 Å². The second-order valence-corrected chi connectivity index (χ2v) is 7.26. The fourth-order valence-corrected chi connectivity index (χ4v) is 3.97. The lowest BCUT2D eigenvalue weighted by atomic mass is 10.1. The van der Waals surface area contributed by atoms with Crippen molar-refractivity contribution in [1.29, 1.82) is 0 Å². The first kappa shape index (κ1) is 17.2. The molecular weight excluding hydrogens is 343 g/mol.